The molecule has 0 fully saturated rings. The van der Waals surface area contributed by atoms with E-state index in [1.165, 1.54) is 5.56 Å². The van der Waals surface area contributed by atoms with E-state index in [-0.39, 0.29) is 5.89 Å². The highest BCUT2D eigenvalue weighted by molar-refractivity contribution is 5.69. The van der Waals surface area contributed by atoms with Gasteiger partial charge in [0.1, 0.15) is 0 Å². The smallest absolute Gasteiger partial charge is 0.260 e. The van der Waals surface area contributed by atoms with Crippen molar-refractivity contribution in [2.45, 2.75) is 20.3 Å². The van der Waals surface area contributed by atoms with Gasteiger partial charge in [-0.2, -0.15) is 0 Å². The van der Waals surface area contributed by atoms with Crippen LogP contribution in [0.4, 0.5) is 0 Å². The fourth-order valence-corrected chi connectivity index (χ4v) is 1.75. The standard InChI is InChI=1S/C14H15NO2/c1-10(2)7-11-3-5-12(6-4-11)13-8-15-14(9-16)17-13/h3-6,8-10H,7H2,1-2H3. The second-order valence-electron chi connectivity index (χ2n) is 4.48. The molecule has 0 aliphatic carbocycles. The molecule has 0 amide bonds. The maximum absolute atomic E-state index is 10.5. The summed E-state index contributed by atoms with van der Waals surface area (Å²) in [6, 6.07) is 8.15. The lowest BCUT2D eigenvalue weighted by atomic mass is 10.0. The predicted octanol–water partition coefficient (Wildman–Crippen LogP) is 3.35. The Morgan fingerprint density at radius 2 is 2.00 bits per heavy atom. The highest BCUT2D eigenvalue weighted by Crippen LogP contribution is 2.21. The van der Waals surface area contributed by atoms with Crippen LogP contribution in [0.3, 0.4) is 0 Å². The molecule has 3 nitrogen and oxygen atoms in total. The van der Waals surface area contributed by atoms with E-state index in [0.29, 0.717) is 18.0 Å². The molecule has 1 heterocycles. The lowest BCUT2D eigenvalue weighted by Gasteiger charge is -2.05. The summed E-state index contributed by atoms with van der Waals surface area (Å²) in [5.41, 5.74) is 2.25. The maximum atomic E-state index is 10.5. The number of benzene rings is 1. The van der Waals surface area contributed by atoms with Crippen molar-refractivity contribution in [3.05, 3.63) is 41.9 Å². The monoisotopic (exact) mass is 229 g/mol. The van der Waals surface area contributed by atoms with Crippen molar-refractivity contribution in [3.8, 4) is 11.3 Å². The van der Waals surface area contributed by atoms with E-state index in [4.69, 9.17) is 4.42 Å². The largest absolute Gasteiger partial charge is 0.434 e. The average Bonchev–Trinajstić information content (AvgIpc) is 2.78. The first-order chi connectivity index (χ1) is 8.19. The molecule has 0 spiro atoms. The van der Waals surface area contributed by atoms with E-state index < -0.39 is 0 Å². The van der Waals surface area contributed by atoms with E-state index in [1.54, 1.807) is 6.20 Å². The molecule has 0 atom stereocenters. The van der Waals surface area contributed by atoms with Gasteiger partial charge < -0.3 is 4.42 Å². The summed E-state index contributed by atoms with van der Waals surface area (Å²) in [5.74, 6) is 1.39. The Balaban J connectivity index is 2.19. The van der Waals surface area contributed by atoms with Crippen molar-refractivity contribution in [1.82, 2.24) is 4.98 Å². The van der Waals surface area contributed by atoms with Crippen LogP contribution in [0.25, 0.3) is 11.3 Å². The molecule has 88 valence electrons. The van der Waals surface area contributed by atoms with Crippen LogP contribution in [-0.4, -0.2) is 11.3 Å². The molecule has 0 saturated carbocycles. The van der Waals surface area contributed by atoms with Gasteiger partial charge in [0.15, 0.2) is 5.76 Å². The molecule has 2 rings (SSSR count). The molecule has 3 heteroatoms. The van der Waals surface area contributed by atoms with Crippen LogP contribution >= 0.6 is 0 Å². The Kier molecular flexibility index (Phi) is 3.38. The second-order valence-corrected chi connectivity index (χ2v) is 4.48. The third-order valence-corrected chi connectivity index (χ3v) is 2.51. The van der Waals surface area contributed by atoms with Crippen LogP contribution < -0.4 is 0 Å². The average molecular weight is 229 g/mol. The molecular formula is C14H15NO2. The quantitative estimate of drug-likeness (QED) is 0.755. The Morgan fingerprint density at radius 1 is 1.29 bits per heavy atom. The predicted molar refractivity (Wildman–Crippen MR) is 65.9 cm³/mol. The van der Waals surface area contributed by atoms with Gasteiger partial charge in [-0.1, -0.05) is 38.1 Å². The van der Waals surface area contributed by atoms with Gasteiger partial charge in [-0.25, -0.2) is 4.98 Å². The van der Waals surface area contributed by atoms with Crippen LogP contribution in [-0.2, 0) is 6.42 Å². The zero-order valence-corrected chi connectivity index (χ0v) is 10.0. The number of hydrogen-bond acceptors (Lipinski definition) is 3. The van der Waals surface area contributed by atoms with Gasteiger partial charge in [0.2, 0.25) is 6.29 Å². The first-order valence-electron chi connectivity index (χ1n) is 5.69. The van der Waals surface area contributed by atoms with Crippen LogP contribution in [0.15, 0.2) is 34.9 Å². The number of oxazole rings is 1. The Hall–Kier alpha value is -1.90. The van der Waals surface area contributed by atoms with Gasteiger partial charge >= 0.3 is 0 Å². The van der Waals surface area contributed by atoms with Crippen LogP contribution in [0.1, 0.15) is 30.1 Å². The van der Waals surface area contributed by atoms with Crippen molar-refractivity contribution < 1.29 is 9.21 Å². The Labute approximate surface area is 100 Å². The first-order valence-corrected chi connectivity index (χ1v) is 5.69. The second kappa shape index (κ2) is 4.95. The molecule has 0 aliphatic rings. The fourth-order valence-electron chi connectivity index (χ4n) is 1.75. The van der Waals surface area contributed by atoms with E-state index in [2.05, 4.69) is 31.0 Å². The molecule has 0 saturated heterocycles. The third kappa shape index (κ3) is 2.81. The first kappa shape index (κ1) is 11.6. The Morgan fingerprint density at radius 3 is 2.53 bits per heavy atom. The number of rotatable bonds is 4. The summed E-state index contributed by atoms with van der Waals surface area (Å²) < 4.78 is 5.26. The molecule has 0 aliphatic heterocycles. The number of nitrogens with zero attached hydrogens (tertiary/aromatic N) is 1. The van der Waals surface area contributed by atoms with Crippen LogP contribution in [0.2, 0.25) is 0 Å². The molecule has 0 unspecified atom stereocenters. The number of carbonyl (C=O) groups is 1. The topological polar surface area (TPSA) is 43.1 Å². The number of carbonyl (C=O) groups excluding carboxylic acids is 1. The van der Waals surface area contributed by atoms with Crippen LogP contribution in [0, 0.1) is 5.92 Å². The highest BCUT2D eigenvalue weighted by Gasteiger charge is 2.05. The molecule has 17 heavy (non-hydrogen) atoms. The number of hydrogen-bond donors (Lipinski definition) is 0. The normalized spacial score (nSPS) is 10.8. The van der Waals surface area contributed by atoms with Crippen molar-refractivity contribution in [3.63, 3.8) is 0 Å². The molecule has 1 aromatic heterocycles. The molecular weight excluding hydrogens is 214 g/mol. The summed E-state index contributed by atoms with van der Waals surface area (Å²) >= 11 is 0. The van der Waals surface area contributed by atoms with E-state index in [1.807, 2.05) is 12.1 Å². The minimum atomic E-state index is 0.117. The lowest BCUT2D eigenvalue weighted by Crippen LogP contribution is -1.93. The molecule has 1 aromatic carbocycles. The number of aldehydes is 1. The SMILES string of the molecule is CC(C)Cc1ccc(-c2cnc(C=O)o2)cc1. The van der Waals surface area contributed by atoms with E-state index >= 15 is 0 Å². The fraction of sp³-hybridized carbons (Fsp3) is 0.286. The van der Waals surface area contributed by atoms with Gasteiger partial charge in [-0.05, 0) is 17.9 Å². The maximum Gasteiger partial charge on any atom is 0.260 e. The van der Waals surface area contributed by atoms with Gasteiger partial charge in [-0.3, -0.25) is 4.79 Å². The highest BCUT2D eigenvalue weighted by atomic mass is 16.4. The van der Waals surface area contributed by atoms with Gasteiger partial charge in [0.05, 0.1) is 6.20 Å². The molecule has 0 bridgehead atoms. The Bertz CT molecular complexity index is 497. The van der Waals surface area contributed by atoms with Crippen molar-refractivity contribution in [2.75, 3.05) is 0 Å². The molecule has 2 aromatic rings. The summed E-state index contributed by atoms with van der Waals surface area (Å²) in [7, 11) is 0. The summed E-state index contributed by atoms with van der Waals surface area (Å²) in [5, 5.41) is 0. The summed E-state index contributed by atoms with van der Waals surface area (Å²) in [6.07, 6.45) is 3.24. The minimum absolute atomic E-state index is 0.117. The van der Waals surface area contributed by atoms with E-state index in [9.17, 15) is 4.79 Å². The zero-order chi connectivity index (χ0) is 12.3. The van der Waals surface area contributed by atoms with E-state index in [0.717, 1.165) is 12.0 Å². The van der Waals surface area contributed by atoms with Gasteiger partial charge in [0, 0.05) is 5.56 Å². The van der Waals surface area contributed by atoms with Gasteiger partial charge in [0.25, 0.3) is 5.89 Å². The van der Waals surface area contributed by atoms with Crippen LogP contribution in [0.5, 0.6) is 0 Å². The van der Waals surface area contributed by atoms with Crippen molar-refractivity contribution >= 4 is 6.29 Å². The van der Waals surface area contributed by atoms with Crippen molar-refractivity contribution in [2.24, 2.45) is 5.92 Å². The van der Waals surface area contributed by atoms with Gasteiger partial charge in [-0.15, -0.1) is 0 Å². The van der Waals surface area contributed by atoms with Crippen molar-refractivity contribution in [1.29, 1.82) is 0 Å². The zero-order valence-electron chi connectivity index (χ0n) is 10.0. The molecule has 0 radical (unpaired) electrons. The summed E-state index contributed by atoms with van der Waals surface area (Å²) in [6.45, 7) is 4.39. The third-order valence-electron chi connectivity index (χ3n) is 2.51. The number of aromatic nitrogens is 1. The summed E-state index contributed by atoms with van der Waals surface area (Å²) in [4.78, 5) is 14.3. The molecule has 0 N–H and O–H groups in total. The minimum Gasteiger partial charge on any atom is -0.434 e. The lowest BCUT2D eigenvalue weighted by molar-refractivity contribution is 0.109.